The maximum Gasteiger partial charge on any atom is 0.0839 e. The lowest BCUT2D eigenvalue weighted by atomic mass is 10.0. The smallest absolute Gasteiger partial charge is 0.0839 e. The second kappa shape index (κ2) is 16.4. The number of hydrogen-bond acceptors (Lipinski definition) is 2. The molecule has 1 rings (SSSR count). The fraction of sp³-hybridized carbons (Fsp3) is 0.958. The molecular formula is C24H47NO2. The maximum atomic E-state index is 10.9. The SMILES string of the molecule is CCCCCCCCCCCCCCCC[N+]1(CCC(=O)[O-])CCCCC1. The quantitative estimate of drug-likeness (QED) is 0.229. The first-order valence-corrected chi connectivity index (χ1v) is 12.2. The number of carbonyl (C=O) groups excluding carboxylic acids is 1. The van der Waals surface area contributed by atoms with Crippen LogP contribution in [0.1, 0.15) is 122 Å². The molecule has 1 aliphatic heterocycles. The number of carboxylic acid groups (broad SMARTS) is 1. The van der Waals surface area contributed by atoms with Crippen LogP contribution in [0.3, 0.4) is 0 Å². The predicted octanol–water partition coefficient (Wildman–Crippen LogP) is 5.61. The summed E-state index contributed by atoms with van der Waals surface area (Å²) in [4.78, 5) is 10.9. The molecule has 27 heavy (non-hydrogen) atoms. The van der Waals surface area contributed by atoms with Gasteiger partial charge >= 0.3 is 0 Å². The number of hydrogen-bond donors (Lipinski definition) is 0. The molecule has 1 aliphatic rings. The molecule has 1 heterocycles. The number of piperidine rings is 1. The molecule has 3 heteroatoms. The third-order valence-corrected chi connectivity index (χ3v) is 6.54. The van der Waals surface area contributed by atoms with Gasteiger partial charge in [0.25, 0.3) is 0 Å². The van der Waals surface area contributed by atoms with Gasteiger partial charge in [0, 0.05) is 12.4 Å². The van der Waals surface area contributed by atoms with Crippen molar-refractivity contribution in [2.24, 2.45) is 0 Å². The highest BCUT2D eigenvalue weighted by Crippen LogP contribution is 2.21. The first kappa shape index (κ1) is 24.5. The summed E-state index contributed by atoms with van der Waals surface area (Å²) in [5, 5.41) is 10.9. The normalized spacial score (nSPS) is 16.5. The zero-order chi connectivity index (χ0) is 19.6. The molecule has 0 N–H and O–H groups in total. The Morgan fingerprint density at radius 1 is 0.667 bits per heavy atom. The minimum atomic E-state index is -0.876. The predicted molar refractivity (Wildman–Crippen MR) is 114 cm³/mol. The summed E-state index contributed by atoms with van der Waals surface area (Å²) < 4.78 is 1.05. The van der Waals surface area contributed by atoms with Crippen molar-refractivity contribution in [3.8, 4) is 0 Å². The third-order valence-electron chi connectivity index (χ3n) is 6.54. The van der Waals surface area contributed by atoms with Gasteiger partial charge in [-0.25, -0.2) is 0 Å². The van der Waals surface area contributed by atoms with Gasteiger partial charge in [0.05, 0.1) is 26.2 Å². The number of quaternary nitrogens is 1. The van der Waals surface area contributed by atoms with E-state index in [9.17, 15) is 9.90 Å². The molecular weight excluding hydrogens is 334 g/mol. The van der Waals surface area contributed by atoms with Crippen LogP contribution in [0, 0.1) is 0 Å². The summed E-state index contributed by atoms with van der Waals surface area (Å²) in [6.45, 7) is 6.63. The molecule has 0 spiro atoms. The molecule has 1 saturated heterocycles. The third kappa shape index (κ3) is 13.3. The van der Waals surface area contributed by atoms with E-state index < -0.39 is 5.97 Å². The zero-order valence-corrected chi connectivity index (χ0v) is 18.3. The Morgan fingerprint density at radius 3 is 1.56 bits per heavy atom. The Morgan fingerprint density at radius 2 is 1.11 bits per heavy atom. The fourth-order valence-corrected chi connectivity index (χ4v) is 4.71. The van der Waals surface area contributed by atoms with Gasteiger partial charge in [0.1, 0.15) is 0 Å². The Hall–Kier alpha value is -0.570. The van der Waals surface area contributed by atoms with E-state index in [-0.39, 0.29) is 6.42 Å². The first-order chi connectivity index (χ1) is 13.2. The number of carboxylic acids is 1. The van der Waals surface area contributed by atoms with E-state index in [2.05, 4.69) is 6.92 Å². The minimum absolute atomic E-state index is 0.235. The lowest BCUT2D eigenvalue weighted by Gasteiger charge is -2.42. The average molecular weight is 382 g/mol. The number of nitrogens with zero attached hydrogens (tertiary/aromatic N) is 1. The minimum Gasteiger partial charge on any atom is -0.550 e. The van der Waals surface area contributed by atoms with Crippen molar-refractivity contribution in [1.82, 2.24) is 0 Å². The second-order valence-corrected chi connectivity index (χ2v) is 9.01. The fourth-order valence-electron chi connectivity index (χ4n) is 4.71. The van der Waals surface area contributed by atoms with Gasteiger partial charge in [-0.15, -0.1) is 0 Å². The molecule has 3 nitrogen and oxygen atoms in total. The Bertz CT molecular complexity index is 350. The topological polar surface area (TPSA) is 40.1 Å². The molecule has 1 fully saturated rings. The molecule has 0 aromatic carbocycles. The van der Waals surface area contributed by atoms with Crippen LogP contribution in [0.5, 0.6) is 0 Å². The monoisotopic (exact) mass is 381 g/mol. The van der Waals surface area contributed by atoms with Crippen LogP contribution in [0.4, 0.5) is 0 Å². The van der Waals surface area contributed by atoms with Crippen molar-refractivity contribution in [3.05, 3.63) is 0 Å². The van der Waals surface area contributed by atoms with E-state index in [1.54, 1.807) is 0 Å². The van der Waals surface area contributed by atoms with Gasteiger partial charge in [-0.05, 0) is 32.1 Å². The molecule has 0 aliphatic carbocycles. The molecule has 0 saturated carbocycles. The number of likely N-dealkylation sites (tertiary alicyclic amines) is 1. The highest BCUT2D eigenvalue weighted by atomic mass is 16.4. The van der Waals surface area contributed by atoms with Crippen LogP contribution < -0.4 is 5.11 Å². The summed E-state index contributed by atoms with van der Waals surface area (Å²) in [5.74, 6) is -0.876. The van der Waals surface area contributed by atoms with Gasteiger partial charge in [0.2, 0.25) is 0 Å². The van der Waals surface area contributed by atoms with Gasteiger partial charge in [-0.2, -0.15) is 0 Å². The molecule has 0 aromatic heterocycles. The van der Waals surface area contributed by atoms with E-state index in [1.807, 2.05) is 0 Å². The first-order valence-electron chi connectivity index (χ1n) is 12.2. The van der Waals surface area contributed by atoms with Crippen molar-refractivity contribution in [1.29, 1.82) is 0 Å². The highest BCUT2D eigenvalue weighted by molar-refractivity contribution is 5.64. The molecule has 0 aromatic rings. The molecule has 0 atom stereocenters. The molecule has 0 bridgehead atoms. The van der Waals surface area contributed by atoms with Crippen LogP contribution in [0.2, 0.25) is 0 Å². The number of aliphatic carboxylic acids is 1. The lowest BCUT2D eigenvalue weighted by molar-refractivity contribution is -0.932. The van der Waals surface area contributed by atoms with Crippen molar-refractivity contribution in [3.63, 3.8) is 0 Å². The number of unbranched alkanes of at least 4 members (excludes halogenated alkanes) is 13. The van der Waals surface area contributed by atoms with Gasteiger partial charge < -0.3 is 14.4 Å². The summed E-state index contributed by atoms with van der Waals surface area (Å²) in [7, 11) is 0. The maximum absolute atomic E-state index is 10.9. The lowest BCUT2D eigenvalue weighted by Crippen LogP contribution is -2.53. The molecule has 160 valence electrons. The van der Waals surface area contributed by atoms with Crippen molar-refractivity contribution < 1.29 is 14.4 Å². The van der Waals surface area contributed by atoms with E-state index >= 15 is 0 Å². The number of rotatable bonds is 18. The Labute approximate surface area is 169 Å². The van der Waals surface area contributed by atoms with E-state index in [1.165, 1.54) is 129 Å². The summed E-state index contributed by atoms with van der Waals surface area (Å²) in [6.07, 6.45) is 23.6. The van der Waals surface area contributed by atoms with Crippen LogP contribution in [0.25, 0.3) is 0 Å². The van der Waals surface area contributed by atoms with E-state index in [4.69, 9.17) is 0 Å². The van der Waals surface area contributed by atoms with Crippen molar-refractivity contribution >= 4 is 5.97 Å². The van der Waals surface area contributed by atoms with Crippen LogP contribution in [0.15, 0.2) is 0 Å². The summed E-state index contributed by atoms with van der Waals surface area (Å²) >= 11 is 0. The van der Waals surface area contributed by atoms with Gasteiger partial charge in [-0.3, -0.25) is 0 Å². The zero-order valence-electron chi connectivity index (χ0n) is 18.3. The van der Waals surface area contributed by atoms with Crippen molar-refractivity contribution in [2.75, 3.05) is 26.2 Å². The van der Waals surface area contributed by atoms with Crippen molar-refractivity contribution in [2.45, 2.75) is 122 Å². The largest absolute Gasteiger partial charge is 0.550 e. The van der Waals surface area contributed by atoms with Gasteiger partial charge in [0.15, 0.2) is 0 Å². The van der Waals surface area contributed by atoms with E-state index in [0.29, 0.717) is 0 Å². The van der Waals surface area contributed by atoms with E-state index in [0.717, 1.165) is 11.0 Å². The Balaban J connectivity index is 1.94. The van der Waals surface area contributed by atoms with Crippen LogP contribution in [-0.2, 0) is 4.79 Å². The van der Waals surface area contributed by atoms with Crippen LogP contribution in [-0.4, -0.2) is 36.6 Å². The second-order valence-electron chi connectivity index (χ2n) is 9.01. The molecule has 0 radical (unpaired) electrons. The average Bonchev–Trinajstić information content (AvgIpc) is 2.67. The van der Waals surface area contributed by atoms with Gasteiger partial charge in [-0.1, -0.05) is 84.0 Å². The Kier molecular flexibility index (Phi) is 14.9. The van der Waals surface area contributed by atoms with Crippen LogP contribution >= 0.6 is 0 Å². The number of carbonyl (C=O) groups is 1. The highest BCUT2D eigenvalue weighted by Gasteiger charge is 2.28. The molecule has 0 unspecified atom stereocenters. The summed E-state index contributed by atoms with van der Waals surface area (Å²) in [6, 6.07) is 0. The standard InChI is InChI=1S/C24H47NO2/c1-2-3-4-5-6-7-8-9-10-11-12-13-14-16-20-25(23-19-24(26)27)21-17-15-18-22-25/h2-23H2,1H3. The molecule has 0 amide bonds. The summed E-state index contributed by atoms with van der Waals surface area (Å²) in [5.41, 5.74) is 0.